The van der Waals surface area contributed by atoms with E-state index in [4.69, 9.17) is 4.74 Å². The number of anilines is 1. The number of nitrogens with zero attached hydrogens (tertiary/aromatic N) is 2. The Kier molecular flexibility index (Phi) is 6.25. The molecule has 1 saturated heterocycles. The van der Waals surface area contributed by atoms with E-state index in [-0.39, 0.29) is 11.4 Å². The quantitative estimate of drug-likeness (QED) is 0.731. The van der Waals surface area contributed by atoms with Crippen molar-refractivity contribution in [3.8, 4) is 0 Å². The average Bonchev–Trinajstić information content (AvgIpc) is 2.72. The van der Waals surface area contributed by atoms with Gasteiger partial charge in [0.15, 0.2) is 9.84 Å². The number of carbonyl (C=O) groups is 1. The zero-order valence-corrected chi connectivity index (χ0v) is 16.3. The number of amides is 1. The summed E-state index contributed by atoms with van der Waals surface area (Å²) in [5, 5.41) is 1.36. The molecule has 1 atom stereocenters. The molecular weight excluding hydrogens is 385 g/mol. The van der Waals surface area contributed by atoms with Crippen LogP contribution in [0.25, 0.3) is 0 Å². The summed E-state index contributed by atoms with van der Waals surface area (Å²) in [5.74, 6) is -0.360. The van der Waals surface area contributed by atoms with Crippen LogP contribution in [0.4, 0.5) is 10.2 Å². The molecule has 2 aromatic rings. The van der Waals surface area contributed by atoms with E-state index in [1.54, 1.807) is 12.3 Å². The number of aromatic nitrogens is 1. The van der Waals surface area contributed by atoms with Gasteiger partial charge in [-0.1, -0.05) is 0 Å². The first-order valence-electron chi connectivity index (χ1n) is 8.93. The Bertz CT molecular complexity index is 928. The Morgan fingerprint density at radius 2 is 1.93 bits per heavy atom. The van der Waals surface area contributed by atoms with Gasteiger partial charge in [-0.25, -0.2) is 17.8 Å². The van der Waals surface area contributed by atoms with Crippen molar-refractivity contribution in [2.45, 2.75) is 23.6 Å². The molecule has 7 nitrogen and oxygen atoms in total. The highest BCUT2D eigenvalue weighted by Gasteiger charge is 2.29. The van der Waals surface area contributed by atoms with Gasteiger partial charge in [0.25, 0.3) is 0 Å². The van der Waals surface area contributed by atoms with Gasteiger partial charge in [0.1, 0.15) is 16.9 Å². The zero-order chi connectivity index (χ0) is 20.1. The Morgan fingerprint density at radius 3 is 2.61 bits per heavy atom. The minimum absolute atomic E-state index is 0.0879. The lowest BCUT2D eigenvalue weighted by Crippen LogP contribution is -2.38. The van der Waals surface area contributed by atoms with Crippen LogP contribution in [0.3, 0.4) is 0 Å². The predicted octanol–water partition coefficient (Wildman–Crippen LogP) is 1.54. The number of benzene rings is 1. The van der Waals surface area contributed by atoms with Gasteiger partial charge in [-0.3, -0.25) is 4.79 Å². The number of hydrogen-bond acceptors (Lipinski definition) is 6. The van der Waals surface area contributed by atoms with Crippen molar-refractivity contribution >= 4 is 21.6 Å². The second-order valence-electron chi connectivity index (χ2n) is 6.48. The number of rotatable bonds is 6. The summed E-state index contributed by atoms with van der Waals surface area (Å²) in [7, 11) is -3.90. The van der Waals surface area contributed by atoms with E-state index < -0.39 is 26.8 Å². The van der Waals surface area contributed by atoms with Crippen LogP contribution in [0.1, 0.15) is 12.5 Å². The molecule has 1 amide bonds. The molecule has 1 N–H and O–H groups in total. The number of hydrogen-bond donors (Lipinski definition) is 1. The molecule has 0 spiro atoms. The van der Waals surface area contributed by atoms with Crippen molar-refractivity contribution in [1.29, 1.82) is 0 Å². The van der Waals surface area contributed by atoms with Crippen LogP contribution in [0.2, 0.25) is 0 Å². The third kappa shape index (κ3) is 4.66. The lowest BCUT2D eigenvalue weighted by Gasteiger charge is -2.28. The number of halogens is 1. The van der Waals surface area contributed by atoms with E-state index in [1.165, 1.54) is 6.92 Å². The van der Waals surface area contributed by atoms with Crippen LogP contribution in [0.15, 0.2) is 47.5 Å². The summed E-state index contributed by atoms with van der Waals surface area (Å²) < 4.78 is 43.4. The normalized spacial score (nSPS) is 15.9. The molecule has 0 saturated carbocycles. The Hall–Kier alpha value is -2.52. The smallest absolute Gasteiger partial charge is 0.238 e. The molecule has 28 heavy (non-hydrogen) atoms. The van der Waals surface area contributed by atoms with E-state index in [2.05, 4.69) is 15.2 Å². The topological polar surface area (TPSA) is 88.6 Å². The van der Waals surface area contributed by atoms with Crippen LogP contribution in [0, 0.1) is 5.82 Å². The monoisotopic (exact) mass is 407 g/mol. The van der Waals surface area contributed by atoms with Crippen LogP contribution in [-0.2, 0) is 25.9 Å². The fraction of sp³-hybridized carbons (Fsp3) is 0.368. The van der Waals surface area contributed by atoms with Crippen LogP contribution >= 0.6 is 0 Å². The SMILES string of the molecule is CC(C(=O)NCc1ccnc(N2CCOCC2)c1)S(=O)(=O)c1ccc(F)cc1. The molecule has 0 bridgehead atoms. The van der Waals surface area contributed by atoms with E-state index >= 15 is 0 Å². The maximum atomic E-state index is 13.0. The first-order valence-corrected chi connectivity index (χ1v) is 10.5. The highest BCUT2D eigenvalue weighted by Crippen LogP contribution is 2.18. The maximum Gasteiger partial charge on any atom is 0.238 e. The standard InChI is InChI=1S/C19H22FN3O4S/c1-14(28(25,26)17-4-2-16(20)3-5-17)19(24)22-13-15-6-7-21-18(12-15)23-8-10-27-11-9-23/h2-7,12,14H,8-11,13H2,1H3,(H,22,24). The summed E-state index contributed by atoms with van der Waals surface area (Å²) in [6, 6.07) is 8.06. The van der Waals surface area contributed by atoms with Crippen molar-refractivity contribution in [1.82, 2.24) is 10.3 Å². The second kappa shape index (κ2) is 8.66. The molecule has 150 valence electrons. The molecule has 1 aliphatic rings. The van der Waals surface area contributed by atoms with Crippen molar-refractivity contribution in [2.24, 2.45) is 0 Å². The Balaban J connectivity index is 1.64. The number of carbonyl (C=O) groups excluding carboxylic acids is 1. The largest absolute Gasteiger partial charge is 0.378 e. The lowest BCUT2D eigenvalue weighted by molar-refractivity contribution is -0.120. The highest BCUT2D eigenvalue weighted by molar-refractivity contribution is 7.92. The Morgan fingerprint density at radius 1 is 1.25 bits per heavy atom. The molecule has 3 rings (SSSR count). The second-order valence-corrected chi connectivity index (χ2v) is 8.75. The van der Waals surface area contributed by atoms with Gasteiger partial charge in [0.2, 0.25) is 5.91 Å². The number of nitrogens with one attached hydrogen (secondary N) is 1. The zero-order valence-electron chi connectivity index (χ0n) is 15.5. The maximum absolute atomic E-state index is 13.0. The van der Waals surface area contributed by atoms with Gasteiger partial charge >= 0.3 is 0 Å². The van der Waals surface area contributed by atoms with Gasteiger partial charge in [0.05, 0.1) is 18.1 Å². The Labute approximate surface area is 163 Å². The number of sulfone groups is 1. The van der Waals surface area contributed by atoms with Crippen LogP contribution in [0.5, 0.6) is 0 Å². The molecule has 2 heterocycles. The first kappa shape index (κ1) is 20.2. The van der Waals surface area contributed by atoms with Gasteiger partial charge in [-0.05, 0) is 48.9 Å². The number of ether oxygens (including phenoxy) is 1. The molecule has 1 aromatic heterocycles. The molecule has 9 heteroatoms. The molecule has 1 unspecified atom stereocenters. The molecular formula is C19H22FN3O4S. The third-order valence-corrected chi connectivity index (χ3v) is 6.66. The van der Waals surface area contributed by atoms with Gasteiger partial charge in [-0.2, -0.15) is 0 Å². The van der Waals surface area contributed by atoms with Gasteiger partial charge < -0.3 is 15.0 Å². The lowest BCUT2D eigenvalue weighted by atomic mass is 10.2. The summed E-state index contributed by atoms with van der Waals surface area (Å²) >= 11 is 0. The third-order valence-electron chi connectivity index (χ3n) is 4.59. The van der Waals surface area contributed by atoms with Crippen molar-refractivity contribution < 1.29 is 22.3 Å². The summed E-state index contributed by atoms with van der Waals surface area (Å²) in [4.78, 5) is 18.7. The fourth-order valence-electron chi connectivity index (χ4n) is 2.84. The number of pyridine rings is 1. The van der Waals surface area contributed by atoms with E-state index in [9.17, 15) is 17.6 Å². The minimum atomic E-state index is -3.90. The van der Waals surface area contributed by atoms with Gasteiger partial charge in [0, 0.05) is 25.8 Å². The summed E-state index contributed by atoms with van der Waals surface area (Å²) in [6.45, 7) is 4.27. The average molecular weight is 407 g/mol. The predicted molar refractivity (Wildman–Crippen MR) is 102 cm³/mol. The molecule has 1 aromatic carbocycles. The molecule has 0 radical (unpaired) electrons. The highest BCUT2D eigenvalue weighted by atomic mass is 32.2. The number of morpholine rings is 1. The van der Waals surface area contributed by atoms with Crippen molar-refractivity contribution in [3.05, 3.63) is 54.0 Å². The summed E-state index contributed by atoms with van der Waals surface area (Å²) in [5.41, 5.74) is 0.816. The van der Waals surface area contributed by atoms with Crippen molar-refractivity contribution in [3.63, 3.8) is 0 Å². The minimum Gasteiger partial charge on any atom is -0.378 e. The fourth-order valence-corrected chi connectivity index (χ4v) is 4.13. The first-order chi connectivity index (χ1) is 13.4. The van der Waals surface area contributed by atoms with Crippen LogP contribution < -0.4 is 10.2 Å². The molecule has 0 aliphatic carbocycles. The van der Waals surface area contributed by atoms with Gasteiger partial charge in [-0.15, -0.1) is 0 Å². The van der Waals surface area contributed by atoms with Crippen molar-refractivity contribution in [2.75, 3.05) is 31.2 Å². The molecule has 1 fully saturated rings. The summed E-state index contributed by atoms with van der Waals surface area (Å²) in [6.07, 6.45) is 1.66. The van der Waals surface area contributed by atoms with E-state index in [1.807, 2.05) is 6.07 Å². The molecule has 1 aliphatic heterocycles. The van der Waals surface area contributed by atoms with E-state index in [0.717, 1.165) is 48.7 Å². The van der Waals surface area contributed by atoms with Crippen LogP contribution in [-0.4, -0.2) is 50.9 Å². The van der Waals surface area contributed by atoms with E-state index in [0.29, 0.717) is 13.2 Å².